The second-order valence-electron chi connectivity index (χ2n) is 8.81. The zero-order chi connectivity index (χ0) is 26.1. The number of carbonyl (C=O) groups is 2. The van der Waals surface area contributed by atoms with Crippen LogP contribution in [0.15, 0.2) is 60.8 Å². The lowest BCUT2D eigenvalue weighted by molar-refractivity contribution is 0.0411. The van der Waals surface area contributed by atoms with Gasteiger partial charge in [-0.25, -0.2) is 13.9 Å². The molecule has 37 heavy (non-hydrogen) atoms. The van der Waals surface area contributed by atoms with Gasteiger partial charge in [0.05, 0.1) is 19.9 Å². The van der Waals surface area contributed by atoms with Crippen molar-refractivity contribution >= 4 is 17.5 Å². The molecular formula is C27H26FN5O4. The summed E-state index contributed by atoms with van der Waals surface area (Å²) in [5.41, 5.74) is 2.80. The Balaban J connectivity index is 1.36. The summed E-state index contributed by atoms with van der Waals surface area (Å²) in [6.45, 7) is 2.97. The van der Waals surface area contributed by atoms with Gasteiger partial charge in [0.1, 0.15) is 5.82 Å². The summed E-state index contributed by atoms with van der Waals surface area (Å²) in [4.78, 5) is 34.0. The van der Waals surface area contributed by atoms with Crippen LogP contribution < -0.4 is 9.47 Å². The number of amides is 2. The lowest BCUT2D eigenvalue weighted by Gasteiger charge is -2.39. The third kappa shape index (κ3) is 4.57. The van der Waals surface area contributed by atoms with Gasteiger partial charge in [-0.15, -0.1) is 0 Å². The van der Waals surface area contributed by atoms with Gasteiger partial charge in [-0.2, -0.15) is 5.10 Å². The first-order chi connectivity index (χ1) is 17.9. The van der Waals surface area contributed by atoms with Gasteiger partial charge in [-0.05, 0) is 55.5 Å². The third-order valence-corrected chi connectivity index (χ3v) is 6.52. The van der Waals surface area contributed by atoms with Gasteiger partial charge in [0.25, 0.3) is 11.8 Å². The highest BCUT2D eigenvalue weighted by atomic mass is 19.1. The van der Waals surface area contributed by atoms with E-state index in [1.165, 1.54) is 24.3 Å². The molecule has 2 aromatic carbocycles. The summed E-state index contributed by atoms with van der Waals surface area (Å²) in [5, 5.41) is 4.57. The average Bonchev–Trinajstić information content (AvgIpc) is 3.37. The maximum Gasteiger partial charge on any atom is 0.274 e. The molecule has 190 valence electrons. The Kier molecular flexibility index (Phi) is 6.47. The Morgan fingerprint density at radius 3 is 2.41 bits per heavy atom. The van der Waals surface area contributed by atoms with Crippen LogP contribution in [0.2, 0.25) is 0 Å². The molecule has 9 nitrogen and oxygen atoms in total. The normalized spacial score (nSPS) is 15.6. The number of fused-ring (bicyclic) bond motifs is 1. The molecule has 5 rings (SSSR count). The molecule has 0 bridgehead atoms. The van der Waals surface area contributed by atoms with Gasteiger partial charge in [0.15, 0.2) is 22.8 Å². The van der Waals surface area contributed by atoms with Crippen LogP contribution in [0.1, 0.15) is 27.8 Å². The van der Waals surface area contributed by atoms with Crippen LogP contribution in [0.25, 0.3) is 16.9 Å². The van der Waals surface area contributed by atoms with Crippen LogP contribution in [0.4, 0.5) is 4.39 Å². The Bertz CT molecular complexity index is 1470. The largest absolute Gasteiger partial charge is 0.493 e. The van der Waals surface area contributed by atoms with Crippen molar-refractivity contribution in [3.05, 3.63) is 77.9 Å². The second-order valence-corrected chi connectivity index (χ2v) is 8.81. The molecule has 1 fully saturated rings. The number of hydrogen-bond acceptors (Lipinski definition) is 6. The van der Waals surface area contributed by atoms with Gasteiger partial charge >= 0.3 is 0 Å². The molecule has 10 heteroatoms. The zero-order valence-electron chi connectivity index (χ0n) is 20.7. The number of piperazine rings is 1. The topological polar surface area (TPSA) is 89.3 Å². The SMILES string of the molecule is COc1ccc(-c2ccnc3cc(C(=O)N4CCN(C(=O)c5ccc(F)cc5)[C@@H](C)C4)nn23)cc1OC. The summed E-state index contributed by atoms with van der Waals surface area (Å²) in [6, 6.07) is 14.3. The Labute approximate surface area is 213 Å². The summed E-state index contributed by atoms with van der Waals surface area (Å²) in [6.07, 6.45) is 1.67. The van der Waals surface area contributed by atoms with E-state index < -0.39 is 5.82 Å². The first kappa shape index (κ1) is 24.2. The number of rotatable bonds is 5. The van der Waals surface area contributed by atoms with Crippen molar-refractivity contribution in [2.75, 3.05) is 33.9 Å². The van der Waals surface area contributed by atoms with Crippen molar-refractivity contribution in [1.82, 2.24) is 24.4 Å². The van der Waals surface area contributed by atoms with E-state index in [2.05, 4.69) is 10.1 Å². The fourth-order valence-electron chi connectivity index (χ4n) is 4.58. The van der Waals surface area contributed by atoms with Gasteiger partial charge in [-0.3, -0.25) is 9.59 Å². The first-order valence-corrected chi connectivity index (χ1v) is 11.8. The van der Waals surface area contributed by atoms with Crippen LogP contribution in [0.3, 0.4) is 0 Å². The van der Waals surface area contributed by atoms with Crippen molar-refractivity contribution in [3.8, 4) is 22.8 Å². The van der Waals surface area contributed by atoms with Crippen LogP contribution >= 0.6 is 0 Å². The Morgan fingerprint density at radius 1 is 0.946 bits per heavy atom. The average molecular weight is 504 g/mol. The summed E-state index contributed by atoms with van der Waals surface area (Å²) in [5.74, 6) is 0.381. The molecule has 0 unspecified atom stereocenters. The molecule has 2 amide bonds. The number of hydrogen-bond donors (Lipinski definition) is 0. The van der Waals surface area contributed by atoms with Crippen molar-refractivity contribution < 1.29 is 23.5 Å². The lowest BCUT2D eigenvalue weighted by atomic mass is 10.1. The molecule has 0 saturated carbocycles. The van der Waals surface area contributed by atoms with E-state index >= 15 is 0 Å². The van der Waals surface area contributed by atoms with E-state index in [-0.39, 0.29) is 23.6 Å². The van der Waals surface area contributed by atoms with Gasteiger partial charge < -0.3 is 19.3 Å². The number of aromatic nitrogens is 3. The molecule has 0 spiro atoms. The Morgan fingerprint density at radius 2 is 1.70 bits per heavy atom. The van der Waals surface area contributed by atoms with Crippen molar-refractivity contribution in [1.29, 1.82) is 0 Å². The monoisotopic (exact) mass is 503 g/mol. The number of ether oxygens (including phenoxy) is 2. The second kappa shape index (κ2) is 9.88. The fraction of sp³-hybridized carbons (Fsp3) is 0.259. The number of carbonyl (C=O) groups excluding carboxylic acids is 2. The fourth-order valence-corrected chi connectivity index (χ4v) is 4.58. The predicted octanol–water partition coefficient (Wildman–Crippen LogP) is 3.54. The number of halogens is 1. The molecule has 1 aliphatic heterocycles. The first-order valence-electron chi connectivity index (χ1n) is 11.8. The molecule has 0 aliphatic carbocycles. The zero-order valence-corrected chi connectivity index (χ0v) is 20.7. The predicted molar refractivity (Wildman–Crippen MR) is 134 cm³/mol. The standard InChI is InChI=1S/C27H26FN5O4/c1-17-16-31(12-13-32(17)26(34)18-4-7-20(28)8-5-18)27(35)21-15-25-29-11-10-22(33(25)30-21)19-6-9-23(36-2)24(14-19)37-3/h4-11,14-15,17H,12-13,16H2,1-3H3/t17-/m0/s1. The number of benzene rings is 2. The quantitative estimate of drug-likeness (QED) is 0.414. The summed E-state index contributed by atoms with van der Waals surface area (Å²) < 4.78 is 25.6. The van der Waals surface area contributed by atoms with Crippen LogP contribution in [0.5, 0.6) is 11.5 Å². The molecule has 0 N–H and O–H groups in total. The smallest absolute Gasteiger partial charge is 0.274 e. The molecule has 1 saturated heterocycles. The molecule has 4 aromatic rings. The highest BCUT2D eigenvalue weighted by molar-refractivity contribution is 5.96. The third-order valence-electron chi connectivity index (χ3n) is 6.52. The van der Waals surface area contributed by atoms with E-state index in [0.717, 1.165) is 11.3 Å². The maximum absolute atomic E-state index is 13.4. The van der Waals surface area contributed by atoms with Gasteiger partial charge in [-0.1, -0.05) is 0 Å². The van der Waals surface area contributed by atoms with E-state index in [1.54, 1.807) is 40.8 Å². The molecule has 1 aliphatic rings. The number of methoxy groups -OCH3 is 2. The lowest BCUT2D eigenvalue weighted by Crippen LogP contribution is -2.55. The van der Waals surface area contributed by atoms with Crippen molar-refractivity contribution in [2.24, 2.45) is 0 Å². The molecule has 2 aromatic heterocycles. The minimum atomic E-state index is -0.392. The minimum absolute atomic E-state index is 0.184. The summed E-state index contributed by atoms with van der Waals surface area (Å²) >= 11 is 0. The van der Waals surface area contributed by atoms with E-state index in [0.29, 0.717) is 42.3 Å². The van der Waals surface area contributed by atoms with Gasteiger partial charge in [0, 0.05) is 49.1 Å². The highest BCUT2D eigenvalue weighted by Gasteiger charge is 2.31. The van der Waals surface area contributed by atoms with Crippen LogP contribution in [-0.2, 0) is 0 Å². The van der Waals surface area contributed by atoms with Crippen molar-refractivity contribution in [3.63, 3.8) is 0 Å². The van der Waals surface area contributed by atoms with E-state index in [9.17, 15) is 14.0 Å². The van der Waals surface area contributed by atoms with Crippen molar-refractivity contribution in [2.45, 2.75) is 13.0 Å². The maximum atomic E-state index is 13.4. The molecule has 3 heterocycles. The van der Waals surface area contributed by atoms with E-state index in [4.69, 9.17) is 9.47 Å². The molecule has 0 radical (unpaired) electrons. The Hall–Kier alpha value is -4.47. The summed E-state index contributed by atoms with van der Waals surface area (Å²) in [7, 11) is 3.15. The minimum Gasteiger partial charge on any atom is -0.493 e. The van der Waals surface area contributed by atoms with Crippen LogP contribution in [0, 0.1) is 5.82 Å². The van der Waals surface area contributed by atoms with E-state index in [1.807, 2.05) is 31.2 Å². The highest BCUT2D eigenvalue weighted by Crippen LogP contribution is 2.32. The van der Waals surface area contributed by atoms with Gasteiger partial charge in [0.2, 0.25) is 0 Å². The number of nitrogens with zero attached hydrogens (tertiary/aromatic N) is 5. The molecule has 1 atom stereocenters. The molecular weight excluding hydrogens is 477 g/mol. The van der Waals surface area contributed by atoms with Crippen LogP contribution in [-0.4, -0.2) is 76.1 Å².